The number of carbonyl (C=O) groups is 2. The number of ether oxygens (including phenoxy) is 2. The first-order chi connectivity index (χ1) is 13.3. The van der Waals surface area contributed by atoms with E-state index in [4.69, 9.17) is 26.4 Å². The maximum absolute atomic E-state index is 14.4. The van der Waals surface area contributed by atoms with E-state index in [1.807, 2.05) is 0 Å². The molecule has 156 valence electrons. The summed E-state index contributed by atoms with van der Waals surface area (Å²) in [4.78, 5) is 23.5. The molecule has 29 heavy (non-hydrogen) atoms. The third kappa shape index (κ3) is 6.44. The Kier molecular flexibility index (Phi) is 9.04. The van der Waals surface area contributed by atoms with Crippen LogP contribution in [0.25, 0.3) is 0 Å². The first-order valence-electron chi connectivity index (χ1n) is 8.26. The smallest absolute Gasteiger partial charge is 0.255 e. The number of amidine groups is 1. The van der Waals surface area contributed by atoms with Gasteiger partial charge >= 0.3 is 0 Å². The fourth-order valence-corrected chi connectivity index (χ4v) is 2.49. The number of halogens is 2. The minimum absolute atomic E-state index is 0. The maximum atomic E-state index is 14.4. The standard InChI is InChI=1S/C19H21FN4O4.ClH/c1-27-17(16-13(20)3-2-4-14(16)28-10-15(21)25)19(26)24-9-11-5-7-12(8-6-11)18(22)23;/h2-8,17H,9-10H2,1H3,(H2,21,25)(H3,22,23)(H,24,26);1H. The van der Waals surface area contributed by atoms with Crippen LogP contribution in [-0.4, -0.2) is 31.4 Å². The number of nitrogens with one attached hydrogen (secondary N) is 2. The summed E-state index contributed by atoms with van der Waals surface area (Å²) in [6.07, 6.45) is -1.29. The van der Waals surface area contributed by atoms with Crippen LogP contribution in [0.15, 0.2) is 42.5 Å². The van der Waals surface area contributed by atoms with Crippen molar-refractivity contribution in [3.63, 3.8) is 0 Å². The monoisotopic (exact) mass is 424 g/mol. The average Bonchev–Trinajstić information content (AvgIpc) is 2.67. The number of methoxy groups -OCH3 is 1. The number of benzene rings is 2. The van der Waals surface area contributed by atoms with E-state index >= 15 is 0 Å². The zero-order chi connectivity index (χ0) is 20.7. The number of hydrogen-bond donors (Lipinski definition) is 4. The molecule has 1 unspecified atom stereocenters. The molecule has 1 atom stereocenters. The van der Waals surface area contributed by atoms with Gasteiger partial charge in [0.1, 0.15) is 17.4 Å². The normalized spacial score (nSPS) is 11.1. The highest BCUT2D eigenvalue weighted by molar-refractivity contribution is 5.94. The van der Waals surface area contributed by atoms with Crippen molar-refractivity contribution in [3.05, 3.63) is 65.0 Å². The summed E-state index contributed by atoms with van der Waals surface area (Å²) in [5.74, 6) is -2.10. The molecule has 0 radical (unpaired) electrons. The topological polar surface area (TPSA) is 141 Å². The molecule has 0 saturated heterocycles. The van der Waals surface area contributed by atoms with Gasteiger partial charge in [0.2, 0.25) is 0 Å². The van der Waals surface area contributed by atoms with E-state index in [2.05, 4.69) is 5.32 Å². The van der Waals surface area contributed by atoms with Crippen LogP contribution in [0.5, 0.6) is 5.75 Å². The van der Waals surface area contributed by atoms with Crippen LogP contribution in [0.1, 0.15) is 22.8 Å². The Morgan fingerprint density at radius 3 is 2.38 bits per heavy atom. The second kappa shape index (κ2) is 11.0. The third-order valence-corrected chi connectivity index (χ3v) is 3.85. The van der Waals surface area contributed by atoms with Gasteiger partial charge in [-0.05, 0) is 17.7 Å². The Bertz CT molecular complexity index is 877. The van der Waals surface area contributed by atoms with E-state index in [1.54, 1.807) is 24.3 Å². The van der Waals surface area contributed by atoms with Gasteiger partial charge in [-0.2, -0.15) is 0 Å². The van der Waals surface area contributed by atoms with Gasteiger partial charge in [0, 0.05) is 19.2 Å². The SMILES string of the molecule is COC(C(=O)NCc1ccc(C(=N)N)cc1)c1c(F)cccc1OCC(N)=O.Cl. The number of carbonyl (C=O) groups excluding carboxylic acids is 2. The van der Waals surface area contributed by atoms with Crippen molar-refractivity contribution in [2.24, 2.45) is 11.5 Å². The predicted molar refractivity (Wildman–Crippen MR) is 107 cm³/mol. The Morgan fingerprint density at radius 1 is 1.17 bits per heavy atom. The third-order valence-electron chi connectivity index (χ3n) is 3.85. The van der Waals surface area contributed by atoms with Crippen molar-refractivity contribution in [2.45, 2.75) is 12.6 Å². The van der Waals surface area contributed by atoms with Crippen molar-refractivity contribution < 1.29 is 23.5 Å². The van der Waals surface area contributed by atoms with Gasteiger partial charge in [0.15, 0.2) is 12.7 Å². The summed E-state index contributed by atoms with van der Waals surface area (Å²) in [5, 5.41) is 10.0. The number of primary amides is 1. The van der Waals surface area contributed by atoms with Gasteiger partial charge in [-0.3, -0.25) is 15.0 Å². The molecule has 0 fully saturated rings. The largest absolute Gasteiger partial charge is 0.483 e. The number of rotatable bonds is 9. The highest BCUT2D eigenvalue weighted by Crippen LogP contribution is 2.30. The summed E-state index contributed by atoms with van der Waals surface area (Å²) >= 11 is 0. The number of amides is 2. The van der Waals surface area contributed by atoms with Crippen molar-refractivity contribution >= 4 is 30.1 Å². The zero-order valence-electron chi connectivity index (χ0n) is 15.6. The van der Waals surface area contributed by atoms with Gasteiger partial charge in [0.25, 0.3) is 11.8 Å². The van der Waals surface area contributed by atoms with Gasteiger partial charge in [-0.1, -0.05) is 30.3 Å². The first-order valence-corrected chi connectivity index (χ1v) is 8.26. The van der Waals surface area contributed by atoms with Crippen LogP contribution >= 0.6 is 12.4 Å². The fraction of sp³-hybridized carbons (Fsp3) is 0.211. The molecule has 0 spiro atoms. The van der Waals surface area contributed by atoms with Crippen molar-refractivity contribution in [2.75, 3.05) is 13.7 Å². The summed E-state index contributed by atoms with van der Waals surface area (Å²) in [7, 11) is 1.26. The predicted octanol–water partition coefficient (Wildman–Crippen LogP) is 1.40. The zero-order valence-corrected chi connectivity index (χ0v) is 16.4. The summed E-state index contributed by atoms with van der Waals surface area (Å²) < 4.78 is 24.7. The van der Waals surface area contributed by atoms with Gasteiger partial charge < -0.3 is 26.3 Å². The Hall–Kier alpha value is -3.17. The molecular weight excluding hydrogens is 403 g/mol. The number of hydrogen-bond acceptors (Lipinski definition) is 5. The second-order valence-corrected chi connectivity index (χ2v) is 5.85. The molecule has 0 aromatic heterocycles. The molecule has 0 aliphatic heterocycles. The lowest BCUT2D eigenvalue weighted by Crippen LogP contribution is -2.31. The molecule has 0 aliphatic rings. The Balaban J connectivity index is 0.00000420. The number of nitrogen functional groups attached to an aromatic ring is 1. The average molecular weight is 425 g/mol. The lowest BCUT2D eigenvalue weighted by atomic mass is 10.1. The number of nitrogens with two attached hydrogens (primary N) is 2. The Morgan fingerprint density at radius 2 is 1.83 bits per heavy atom. The molecule has 8 nitrogen and oxygen atoms in total. The van der Waals surface area contributed by atoms with Gasteiger partial charge in [-0.15, -0.1) is 12.4 Å². The molecular formula is C19H22ClFN4O4. The first kappa shape index (κ1) is 23.9. The fourth-order valence-electron chi connectivity index (χ4n) is 2.49. The van der Waals surface area contributed by atoms with Crippen LogP contribution in [0.2, 0.25) is 0 Å². The second-order valence-electron chi connectivity index (χ2n) is 5.85. The highest BCUT2D eigenvalue weighted by Gasteiger charge is 2.27. The van der Waals surface area contributed by atoms with E-state index in [0.717, 1.165) is 11.6 Å². The molecule has 2 aromatic rings. The van der Waals surface area contributed by atoms with E-state index in [1.165, 1.54) is 19.2 Å². The highest BCUT2D eigenvalue weighted by atomic mass is 35.5. The van der Waals surface area contributed by atoms with Crippen molar-refractivity contribution in [3.8, 4) is 5.75 Å². The lowest BCUT2D eigenvalue weighted by Gasteiger charge is -2.19. The van der Waals surface area contributed by atoms with E-state index in [9.17, 15) is 14.0 Å². The molecule has 0 heterocycles. The maximum Gasteiger partial charge on any atom is 0.255 e. The summed E-state index contributed by atoms with van der Waals surface area (Å²) in [6.45, 7) is -0.306. The molecule has 0 aliphatic carbocycles. The van der Waals surface area contributed by atoms with E-state index in [0.29, 0.717) is 5.56 Å². The van der Waals surface area contributed by atoms with Gasteiger partial charge in [-0.25, -0.2) is 4.39 Å². The molecule has 2 aromatic carbocycles. The van der Waals surface area contributed by atoms with Crippen LogP contribution in [0.4, 0.5) is 4.39 Å². The summed E-state index contributed by atoms with van der Waals surface area (Å²) in [5.41, 5.74) is 11.6. The van der Waals surface area contributed by atoms with Crippen LogP contribution < -0.4 is 21.5 Å². The molecule has 0 bridgehead atoms. The molecule has 2 amide bonds. The molecule has 10 heteroatoms. The Labute approximate surface area is 173 Å². The minimum Gasteiger partial charge on any atom is -0.483 e. The van der Waals surface area contributed by atoms with Gasteiger partial charge in [0.05, 0.1) is 5.56 Å². The van der Waals surface area contributed by atoms with E-state index < -0.39 is 30.3 Å². The molecule has 2 rings (SSSR count). The molecule has 6 N–H and O–H groups in total. The van der Waals surface area contributed by atoms with Crippen LogP contribution in [0.3, 0.4) is 0 Å². The quantitative estimate of drug-likeness (QED) is 0.355. The van der Waals surface area contributed by atoms with Crippen LogP contribution in [0, 0.1) is 11.2 Å². The molecule has 0 saturated carbocycles. The van der Waals surface area contributed by atoms with Crippen molar-refractivity contribution in [1.82, 2.24) is 5.32 Å². The lowest BCUT2D eigenvalue weighted by molar-refractivity contribution is -0.131. The van der Waals surface area contributed by atoms with Crippen molar-refractivity contribution in [1.29, 1.82) is 5.41 Å². The van der Waals surface area contributed by atoms with Crippen LogP contribution in [-0.2, 0) is 20.9 Å². The summed E-state index contributed by atoms with van der Waals surface area (Å²) in [6, 6.07) is 10.7. The minimum atomic E-state index is -1.29. The van der Waals surface area contributed by atoms with E-state index in [-0.39, 0.29) is 36.1 Å².